The third kappa shape index (κ3) is 3.96. The second-order valence-corrected chi connectivity index (χ2v) is 6.66. The van der Waals surface area contributed by atoms with E-state index in [1.807, 2.05) is 6.92 Å². The lowest BCUT2D eigenvalue weighted by Gasteiger charge is -2.13. The summed E-state index contributed by atoms with van der Waals surface area (Å²) in [5.74, 6) is -1.05. The van der Waals surface area contributed by atoms with Crippen LogP contribution in [0.25, 0.3) is 0 Å². The third-order valence-electron chi connectivity index (χ3n) is 3.70. The van der Waals surface area contributed by atoms with Crippen molar-refractivity contribution >= 4 is 34.0 Å². The number of anilines is 1. The number of ketones is 1. The maximum absolute atomic E-state index is 12.5. The average Bonchev–Trinajstić information content (AvgIpc) is 3.10. The summed E-state index contributed by atoms with van der Waals surface area (Å²) in [5, 5.41) is 7.29. The molecule has 0 fully saturated rings. The van der Waals surface area contributed by atoms with Crippen molar-refractivity contribution < 1.29 is 19.1 Å². The first kappa shape index (κ1) is 18.9. The number of nitrogens with one attached hydrogen (secondary N) is 1. The van der Waals surface area contributed by atoms with E-state index in [1.54, 1.807) is 37.7 Å². The van der Waals surface area contributed by atoms with Crippen molar-refractivity contribution in [2.45, 2.75) is 40.7 Å². The second-order valence-electron chi connectivity index (χ2n) is 5.64. The normalized spacial score (nSPS) is 11.9. The van der Waals surface area contributed by atoms with Crippen LogP contribution in [0.15, 0.2) is 12.3 Å². The lowest BCUT2D eigenvalue weighted by molar-refractivity contribution is -0.119. The van der Waals surface area contributed by atoms with Crippen LogP contribution in [0.5, 0.6) is 0 Å². The Morgan fingerprint density at radius 1 is 1.36 bits per heavy atom. The highest BCUT2D eigenvalue weighted by molar-refractivity contribution is 7.18. The van der Waals surface area contributed by atoms with Crippen molar-refractivity contribution in [2.75, 3.05) is 11.9 Å². The maximum atomic E-state index is 12.5. The Balaban J connectivity index is 2.34. The monoisotopic (exact) mass is 363 g/mol. The molecule has 1 N–H and O–H groups in total. The minimum atomic E-state index is -0.563. The summed E-state index contributed by atoms with van der Waals surface area (Å²) in [6.07, 6.45) is 1.71. The van der Waals surface area contributed by atoms with E-state index in [4.69, 9.17) is 4.74 Å². The molecule has 0 aliphatic carbocycles. The molecule has 7 nitrogen and oxygen atoms in total. The summed E-state index contributed by atoms with van der Waals surface area (Å²) in [4.78, 5) is 37.0. The molecule has 2 rings (SSSR count). The van der Waals surface area contributed by atoms with Gasteiger partial charge in [-0.2, -0.15) is 5.10 Å². The number of hydrogen-bond donors (Lipinski definition) is 1. The van der Waals surface area contributed by atoms with Crippen LogP contribution < -0.4 is 5.32 Å². The minimum absolute atomic E-state index is 0.163. The molecule has 8 heteroatoms. The van der Waals surface area contributed by atoms with E-state index >= 15 is 0 Å². The van der Waals surface area contributed by atoms with Crippen LogP contribution >= 0.6 is 11.3 Å². The molecule has 0 aromatic carbocycles. The fourth-order valence-corrected chi connectivity index (χ4v) is 3.46. The van der Waals surface area contributed by atoms with E-state index in [1.165, 1.54) is 6.92 Å². The zero-order chi connectivity index (χ0) is 18.7. The molecule has 0 aliphatic rings. The van der Waals surface area contributed by atoms with Crippen LogP contribution in [-0.2, 0) is 9.53 Å². The van der Waals surface area contributed by atoms with E-state index in [2.05, 4.69) is 10.4 Å². The Morgan fingerprint density at radius 3 is 2.56 bits per heavy atom. The Labute approximate surface area is 150 Å². The molecule has 25 heavy (non-hydrogen) atoms. The van der Waals surface area contributed by atoms with Crippen LogP contribution in [-0.4, -0.2) is 34.0 Å². The smallest absolute Gasteiger partial charge is 0.341 e. The molecular formula is C17H21N3O4S. The summed E-state index contributed by atoms with van der Waals surface area (Å²) < 4.78 is 6.60. The predicted molar refractivity (Wildman–Crippen MR) is 95.3 cm³/mol. The molecule has 1 atom stereocenters. The van der Waals surface area contributed by atoms with Crippen molar-refractivity contribution in [3.8, 4) is 0 Å². The van der Waals surface area contributed by atoms with Gasteiger partial charge in [0.2, 0.25) is 5.91 Å². The third-order valence-corrected chi connectivity index (χ3v) is 5.01. The van der Waals surface area contributed by atoms with Crippen LogP contribution in [0.3, 0.4) is 0 Å². The first-order valence-corrected chi connectivity index (χ1v) is 8.72. The molecule has 134 valence electrons. The molecule has 0 bridgehead atoms. The van der Waals surface area contributed by atoms with Gasteiger partial charge in [0, 0.05) is 6.20 Å². The van der Waals surface area contributed by atoms with Crippen molar-refractivity contribution in [1.29, 1.82) is 0 Å². The molecule has 0 radical (unpaired) electrons. The number of aromatic nitrogens is 2. The Kier molecular flexibility index (Phi) is 5.73. The Hall–Kier alpha value is -2.48. The number of Topliss-reactive ketones (excluding diaryl/α,β-unsaturated/α-hetero) is 1. The number of rotatable bonds is 6. The molecule has 0 saturated carbocycles. The van der Waals surface area contributed by atoms with E-state index in [0.29, 0.717) is 15.4 Å². The SMILES string of the molecule is CCOC(=O)c1c(NC(=O)C(C)n2ccc(C)n2)sc(C(C)=O)c1C. The van der Waals surface area contributed by atoms with E-state index in [-0.39, 0.29) is 23.9 Å². The molecule has 0 saturated heterocycles. The van der Waals surface area contributed by atoms with Gasteiger partial charge in [-0.25, -0.2) is 4.79 Å². The molecule has 2 aromatic rings. The average molecular weight is 363 g/mol. The van der Waals surface area contributed by atoms with Crippen molar-refractivity contribution in [3.63, 3.8) is 0 Å². The number of thiophene rings is 1. The number of nitrogens with zero attached hydrogens (tertiary/aromatic N) is 2. The maximum Gasteiger partial charge on any atom is 0.341 e. The van der Waals surface area contributed by atoms with Crippen LogP contribution in [0.1, 0.15) is 58.1 Å². The number of carbonyl (C=O) groups is 3. The summed E-state index contributed by atoms with van der Waals surface area (Å²) >= 11 is 1.08. The lowest BCUT2D eigenvalue weighted by Crippen LogP contribution is -2.24. The second kappa shape index (κ2) is 7.60. The van der Waals surface area contributed by atoms with Crippen molar-refractivity contribution in [3.05, 3.63) is 34.0 Å². The number of aryl methyl sites for hydroxylation is 1. The predicted octanol–water partition coefficient (Wildman–Crippen LogP) is 3.14. The molecular weight excluding hydrogens is 342 g/mol. The molecule has 1 amide bonds. The molecule has 0 spiro atoms. The number of amides is 1. The van der Waals surface area contributed by atoms with Crippen molar-refractivity contribution in [2.24, 2.45) is 0 Å². The first-order valence-electron chi connectivity index (χ1n) is 7.90. The number of carbonyl (C=O) groups excluding carboxylic acids is 3. The Bertz CT molecular complexity index is 822. The van der Waals surface area contributed by atoms with E-state index < -0.39 is 12.0 Å². The summed E-state index contributed by atoms with van der Waals surface area (Å²) in [7, 11) is 0. The topological polar surface area (TPSA) is 90.3 Å². The highest BCUT2D eigenvalue weighted by Gasteiger charge is 2.26. The van der Waals surface area contributed by atoms with Gasteiger partial charge in [-0.15, -0.1) is 11.3 Å². The van der Waals surface area contributed by atoms with E-state index in [0.717, 1.165) is 17.0 Å². The highest BCUT2D eigenvalue weighted by atomic mass is 32.1. The quantitative estimate of drug-likeness (QED) is 0.629. The van der Waals surface area contributed by atoms with Gasteiger partial charge in [-0.3, -0.25) is 14.3 Å². The van der Waals surface area contributed by atoms with Gasteiger partial charge in [0.25, 0.3) is 0 Å². The van der Waals surface area contributed by atoms with Gasteiger partial charge in [-0.1, -0.05) is 0 Å². The summed E-state index contributed by atoms with van der Waals surface area (Å²) in [6, 6.07) is 1.24. The van der Waals surface area contributed by atoms with E-state index in [9.17, 15) is 14.4 Å². The van der Waals surface area contributed by atoms with Crippen LogP contribution in [0.4, 0.5) is 5.00 Å². The Morgan fingerprint density at radius 2 is 2.04 bits per heavy atom. The lowest BCUT2D eigenvalue weighted by atomic mass is 10.1. The van der Waals surface area contributed by atoms with Gasteiger partial charge in [-0.05, 0) is 46.2 Å². The van der Waals surface area contributed by atoms with Gasteiger partial charge in [0.1, 0.15) is 11.0 Å². The van der Waals surface area contributed by atoms with Gasteiger partial charge >= 0.3 is 5.97 Å². The van der Waals surface area contributed by atoms with Gasteiger partial charge in [0.15, 0.2) is 5.78 Å². The minimum Gasteiger partial charge on any atom is -0.462 e. The van der Waals surface area contributed by atoms with Gasteiger partial charge in [0.05, 0.1) is 22.7 Å². The van der Waals surface area contributed by atoms with Crippen molar-refractivity contribution in [1.82, 2.24) is 9.78 Å². The highest BCUT2D eigenvalue weighted by Crippen LogP contribution is 2.34. The zero-order valence-corrected chi connectivity index (χ0v) is 15.7. The molecule has 2 heterocycles. The van der Waals surface area contributed by atoms with Crippen LogP contribution in [0.2, 0.25) is 0 Å². The van der Waals surface area contributed by atoms with Gasteiger partial charge < -0.3 is 10.1 Å². The number of esters is 1. The summed E-state index contributed by atoms with van der Waals surface area (Å²) in [6.45, 7) is 8.55. The summed E-state index contributed by atoms with van der Waals surface area (Å²) in [5.41, 5.74) is 1.56. The number of ether oxygens (including phenoxy) is 1. The zero-order valence-electron chi connectivity index (χ0n) is 14.9. The first-order chi connectivity index (χ1) is 11.8. The molecule has 0 aliphatic heterocycles. The fourth-order valence-electron chi connectivity index (χ4n) is 2.37. The fraction of sp³-hybridized carbons (Fsp3) is 0.412. The van der Waals surface area contributed by atoms with Crippen LogP contribution in [0, 0.1) is 13.8 Å². The standard InChI is InChI=1S/C17H21N3O4S/c1-6-24-17(23)13-10(3)14(12(5)21)25-16(13)18-15(22)11(4)20-8-7-9(2)19-20/h7-8,11H,6H2,1-5H3,(H,18,22). The number of hydrogen-bond acceptors (Lipinski definition) is 6. The largest absolute Gasteiger partial charge is 0.462 e. The molecule has 2 aromatic heterocycles. The molecule has 1 unspecified atom stereocenters.